The third-order valence-corrected chi connectivity index (χ3v) is 4.56. The van der Waals surface area contributed by atoms with Crippen LogP contribution in [0.4, 0.5) is 0 Å². The molecule has 24 heavy (non-hydrogen) atoms. The summed E-state index contributed by atoms with van der Waals surface area (Å²) in [5, 5.41) is 0. The summed E-state index contributed by atoms with van der Waals surface area (Å²) in [6.07, 6.45) is 3.54. The summed E-state index contributed by atoms with van der Waals surface area (Å²) in [6.45, 7) is 4.15. The topological polar surface area (TPSA) is 22.0 Å². The molecule has 1 aromatic heterocycles. The molecule has 0 amide bonds. The number of carbonyl (C=O) groups excluding carboxylic acids is 1. The molecule has 0 fully saturated rings. The van der Waals surface area contributed by atoms with Gasteiger partial charge >= 0.3 is 0 Å². The van der Waals surface area contributed by atoms with Crippen molar-refractivity contribution in [2.24, 2.45) is 0 Å². The molecule has 0 aliphatic carbocycles. The van der Waals surface area contributed by atoms with Crippen molar-refractivity contribution in [3.63, 3.8) is 0 Å². The molecule has 0 aliphatic heterocycles. The third-order valence-electron chi connectivity index (χ3n) is 4.03. The molecule has 2 nitrogen and oxygen atoms in total. The molecular weight excluding hydrogens is 362 g/mol. The Morgan fingerprint density at radius 2 is 1.67 bits per heavy atom. The first kappa shape index (κ1) is 16.5. The van der Waals surface area contributed by atoms with E-state index in [1.807, 2.05) is 48.5 Å². The Bertz CT molecular complexity index is 890. The molecule has 1 heterocycles. The van der Waals surface area contributed by atoms with Crippen molar-refractivity contribution < 1.29 is 4.79 Å². The Morgan fingerprint density at radius 3 is 2.33 bits per heavy atom. The van der Waals surface area contributed by atoms with Gasteiger partial charge in [0.05, 0.1) is 0 Å². The van der Waals surface area contributed by atoms with Gasteiger partial charge in [0.25, 0.3) is 0 Å². The first-order valence-corrected chi connectivity index (χ1v) is 8.58. The van der Waals surface area contributed by atoms with Gasteiger partial charge in [-0.25, -0.2) is 0 Å². The first-order valence-electron chi connectivity index (χ1n) is 7.78. The van der Waals surface area contributed by atoms with Gasteiger partial charge in [0.1, 0.15) is 0 Å². The smallest absolute Gasteiger partial charge is 0.185 e. The van der Waals surface area contributed by atoms with Crippen molar-refractivity contribution in [2.75, 3.05) is 0 Å². The Hall–Kier alpha value is -2.39. The highest BCUT2D eigenvalue weighted by Gasteiger charge is 2.09. The molecule has 0 unspecified atom stereocenters. The van der Waals surface area contributed by atoms with Gasteiger partial charge in [-0.1, -0.05) is 46.3 Å². The fraction of sp³-hybridized carbons (Fsp3) is 0.0952. The number of aromatic nitrogens is 1. The average Bonchev–Trinajstić information content (AvgIpc) is 2.88. The Balaban J connectivity index is 1.90. The Kier molecular flexibility index (Phi) is 4.81. The van der Waals surface area contributed by atoms with Crippen LogP contribution in [0.5, 0.6) is 0 Å². The quantitative estimate of drug-likeness (QED) is 0.417. The predicted molar refractivity (Wildman–Crippen MR) is 103 cm³/mol. The van der Waals surface area contributed by atoms with Gasteiger partial charge in [-0.3, -0.25) is 4.79 Å². The molecule has 0 saturated carbocycles. The molecule has 0 spiro atoms. The number of hydrogen-bond acceptors (Lipinski definition) is 1. The minimum Gasteiger partial charge on any atom is -0.318 e. The van der Waals surface area contributed by atoms with Crippen LogP contribution in [-0.4, -0.2) is 10.4 Å². The van der Waals surface area contributed by atoms with Crippen LogP contribution in [-0.2, 0) is 0 Å². The minimum atomic E-state index is 0.0176. The lowest BCUT2D eigenvalue weighted by Gasteiger charge is -2.09. The van der Waals surface area contributed by atoms with Crippen LogP contribution in [0.25, 0.3) is 11.8 Å². The molecular formula is C21H18BrNO. The van der Waals surface area contributed by atoms with Crippen molar-refractivity contribution in [1.29, 1.82) is 0 Å². The molecule has 2 aromatic carbocycles. The SMILES string of the molecule is Cc1cc(/C=C/C(=O)c2ccccc2)c(C)n1-c1ccc(Br)cc1. The van der Waals surface area contributed by atoms with Gasteiger partial charge in [0, 0.05) is 27.1 Å². The van der Waals surface area contributed by atoms with Gasteiger partial charge in [0.2, 0.25) is 0 Å². The van der Waals surface area contributed by atoms with Crippen LogP contribution in [0, 0.1) is 13.8 Å². The van der Waals surface area contributed by atoms with Gasteiger partial charge in [-0.2, -0.15) is 0 Å². The highest BCUT2D eigenvalue weighted by molar-refractivity contribution is 9.10. The zero-order valence-corrected chi connectivity index (χ0v) is 15.2. The molecule has 0 radical (unpaired) electrons. The van der Waals surface area contributed by atoms with E-state index in [4.69, 9.17) is 0 Å². The van der Waals surface area contributed by atoms with Gasteiger partial charge in [-0.15, -0.1) is 0 Å². The lowest BCUT2D eigenvalue weighted by molar-refractivity contribution is 0.104. The highest BCUT2D eigenvalue weighted by Crippen LogP contribution is 2.23. The van der Waals surface area contributed by atoms with E-state index in [1.54, 1.807) is 6.08 Å². The number of rotatable bonds is 4. The predicted octanol–water partition coefficient (Wildman–Crippen LogP) is 5.75. The maximum absolute atomic E-state index is 12.2. The highest BCUT2D eigenvalue weighted by atomic mass is 79.9. The van der Waals surface area contributed by atoms with E-state index >= 15 is 0 Å². The maximum atomic E-state index is 12.2. The average molecular weight is 380 g/mol. The maximum Gasteiger partial charge on any atom is 0.185 e. The molecule has 0 aliphatic rings. The van der Waals surface area contributed by atoms with Crippen LogP contribution in [0.3, 0.4) is 0 Å². The van der Waals surface area contributed by atoms with Crippen LogP contribution >= 0.6 is 15.9 Å². The largest absolute Gasteiger partial charge is 0.318 e. The number of carbonyl (C=O) groups is 1. The first-order chi connectivity index (χ1) is 11.6. The fourth-order valence-electron chi connectivity index (χ4n) is 2.81. The zero-order chi connectivity index (χ0) is 17.1. The van der Waals surface area contributed by atoms with Gasteiger partial charge in [-0.05, 0) is 61.9 Å². The van der Waals surface area contributed by atoms with Gasteiger partial charge < -0.3 is 4.57 Å². The summed E-state index contributed by atoms with van der Waals surface area (Å²) in [5.74, 6) is 0.0176. The van der Waals surface area contributed by atoms with E-state index < -0.39 is 0 Å². The van der Waals surface area contributed by atoms with Gasteiger partial charge in [0.15, 0.2) is 5.78 Å². The second-order valence-corrected chi connectivity index (χ2v) is 6.62. The summed E-state index contributed by atoms with van der Waals surface area (Å²) in [4.78, 5) is 12.2. The number of halogens is 1. The molecule has 0 bridgehead atoms. The Morgan fingerprint density at radius 1 is 1.00 bits per heavy atom. The summed E-state index contributed by atoms with van der Waals surface area (Å²) in [5.41, 5.74) is 5.13. The van der Waals surface area contributed by atoms with Crippen LogP contribution in [0.2, 0.25) is 0 Å². The molecule has 3 aromatic rings. The zero-order valence-electron chi connectivity index (χ0n) is 13.7. The second-order valence-electron chi connectivity index (χ2n) is 5.70. The van der Waals surface area contributed by atoms with E-state index in [-0.39, 0.29) is 5.78 Å². The second kappa shape index (κ2) is 7.02. The summed E-state index contributed by atoms with van der Waals surface area (Å²) >= 11 is 3.47. The number of ketones is 1. The standard InChI is InChI=1S/C21H18BrNO/c1-15-14-18(8-13-21(24)17-6-4-3-5-7-17)16(2)23(15)20-11-9-19(22)10-12-20/h3-14H,1-2H3/b13-8+. The molecule has 0 N–H and O–H groups in total. The monoisotopic (exact) mass is 379 g/mol. The number of aryl methyl sites for hydroxylation is 1. The van der Waals surface area contributed by atoms with Crippen molar-refractivity contribution in [2.45, 2.75) is 13.8 Å². The van der Waals surface area contributed by atoms with Crippen molar-refractivity contribution in [1.82, 2.24) is 4.57 Å². The van der Waals surface area contributed by atoms with Crippen LogP contribution in [0.1, 0.15) is 27.3 Å². The van der Waals surface area contributed by atoms with E-state index in [2.05, 4.69) is 52.5 Å². The lowest BCUT2D eigenvalue weighted by Crippen LogP contribution is -1.98. The molecule has 0 atom stereocenters. The van der Waals surface area contributed by atoms with Crippen molar-refractivity contribution >= 4 is 27.8 Å². The van der Waals surface area contributed by atoms with E-state index in [9.17, 15) is 4.79 Å². The summed E-state index contributed by atoms with van der Waals surface area (Å²) in [7, 11) is 0. The van der Waals surface area contributed by atoms with E-state index in [0.29, 0.717) is 5.56 Å². The number of benzene rings is 2. The number of nitrogens with zero attached hydrogens (tertiary/aromatic N) is 1. The molecule has 3 rings (SSSR count). The molecule has 120 valence electrons. The third kappa shape index (κ3) is 3.41. The molecule has 3 heteroatoms. The van der Waals surface area contributed by atoms with E-state index in [0.717, 1.165) is 27.1 Å². The van der Waals surface area contributed by atoms with Crippen molar-refractivity contribution in [3.05, 3.63) is 93.7 Å². The fourth-order valence-corrected chi connectivity index (χ4v) is 3.07. The number of allylic oxidation sites excluding steroid dienone is 1. The minimum absolute atomic E-state index is 0.0176. The lowest BCUT2D eigenvalue weighted by atomic mass is 10.1. The van der Waals surface area contributed by atoms with E-state index in [1.165, 1.54) is 0 Å². The van der Waals surface area contributed by atoms with Crippen LogP contribution in [0.15, 0.2) is 71.2 Å². The summed E-state index contributed by atoms with van der Waals surface area (Å²) in [6, 6.07) is 19.6. The van der Waals surface area contributed by atoms with Crippen molar-refractivity contribution in [3.8, 4) is 5.69 Å². The molecule has 0 saturated heterocycles. The van der Waals surface area contributed by atoms with Crippen LogP contribution < -0.4 is 0 Å². The Labute approximate surface area is 150 Å². The normalized spacial score (nSPS) is 11.1. The summed E-state index contributed by atoms with van der Waals surface area (Å²) < 4.78 is 3.25. The number of hydrogen-bond donors (Lipinski definition) is 0.